The van der Waals surface area contributed by atoms with Gasteiger partial charge in [0.25, 0.3) is 5.91 Å². The molecule has 0 spiro atoms. The molecular formula is C24H40N4O4S3. The molecule has 11 heteroatoms. The molecule has 3 fully saturated rings. The summed E-state index contributed by atoms with van der Waals surface area (Å²) < 4.78 is 5.52. The first-order valence-electron chi connectivity index (χ1n) is 11.7. The van der Waals surface area contributed by atoms with Crippen molar-refractivity contribution in [3.05, 3.63) is 29.8 Å². The molecule has 1 aromatic rings. The highest BCUT2D eigenvalue weighted by Gasteiger charge is 2.48. The number of hydrogen-bond acceptors (Lipinski definition) is 6. The molecule has 0 aliphatic carbocycles. The Morgan fingerprint density at radius 2 is 1.69 bits per heavy atom. The molecule has 1 aromatic carbocycles. The van der Waals surface area contributed by atoms with Gasteiger partial charge in [-0.2, -0.15) is 40.5 Å². The fraction of sp³-hybridized carbons (Fsp3) is 0.625. The Kier molecular flexibility index (Phi) is 12.5. The van der Waals surface area contributed by atoms with Gasteiger partial charge in [0.15, 0.2) is 5.78 Å². The SMILES string of the molecule is CC[C@@H](C)[C@H](NC(=O)c1ccc(N2CCN(C)CC2)cc1)C(=O)N1CC[C@H]2OCC(=O)[C@H]21.S.S.S. The van der Waals surface area contributed by atoms with Gasteiger partial charge in [-0.3, -0.25) is 14.4 Å². The van der Waals surface area contributed by atoms with E-state index in [0.717, 1.165) is 38.3 Å². The van der Waals surface area contributed by atoms with Crippen LogP contribution in [0.15, 0.2) is 24.3 Å². The number of fused-ring (bicyclic) bond motifs is 1. The van der Waals surface area contributed by atoms with E-state index in [9.17, 15) is 14.4 Å². The van der Waals surface area contributed by atoms with Crippen molar-refractivity contribution in [2.75, 3.05) is 51.3 Å². The van der Waals surface area contributed by atoms with Crippen LogP contribution in [-0.2, 0) is 14.3 Å². The molecule has 3 aliphatic rings. The summed E-state index contributed by atoms with van der Waals surface area (Å²) in [5, 5.41) is 2.96. The number of rotatable bonds is 6. The summed E-state index contributed by atoms with van der Waals surface area (Å²) in [6.45, 7) is 8.49. The lowest BCUT2D eigenvalue weighted by atomic mass is 9.96. The van der Waals surface area contributed by atoms with Crippen LogP contribution in [0.4, 0.5) is 5.69 Å². The molecule has 2 amide bonds. The summed E-state index contributed by atoms with van der Waals surface area (Å²) in [5.74, 6) is -0.548. The molecule has 0 unspecified atom stereocenters. The minimum absolute atomic E-state index is 0. The van der Waals surface area contributed by atoms with Crippen molar-refractivity contribution in [3.8, 4) is 0 Å². The second-order valence-corrected chi connectivity index (χ2v) is 9.25. The number of piperazine rings is 1. The number of nitrogens with zero attached hydrogens (tertiary/aromatic N) is 3. The van der Waals surface area contributed by atoms with Gasteiger partial charge in [0.1, 0.15) is 18.7 Å². The number of benzene rings is 1. The predicted octanol–water partition coefficient (Wildman–Crippen LogP) is 1.49. The van der Waals surface area contributed by atoms with E-state index in [1.165, 1.54) is 0 Å². The molecule has 3 heterocycles. The summed E-state index contributed by atoms with van der Waals surface area (Å²) in [6, 6.07) is 6.41. The number of ether oxygens (including phenoxy) is 1. The maximum Gasteiger partial charge on any atom is 0.251 e. The average Bonchev–Trinajstić information content (AvgIpc) is 3.40. The molecule has 1 N–H and O–H groups in total. The molecular weight excluding hydrogens is 504 g/mol. The van der Waals surface area contributed by atoms with E-state index in [-0.39, 0.29) is 76.7 Å². The van der Waals surface area contributed by atoms with Gasteiger partial charge in [-0.1, -0.05) is 20.3 Å². The molecule has 198 valence electrons. The number of carbonyl (C=O) groups excluding carboxylic acids is 3. The highest BCUT2D eigenvalue weighted by molar-refractivity contribution is 7.59. The largest absolute Gasteiger partial charge is 0.369 e. The molecule has 8 nitrogen and oxygen atoms in total. The number of hydrogen-bond donors (Lipinski definition) is 1. The number of anilines is 1. The predicted molar refractivity (Wildman–Crippen MR) is 153 cm³/mol. The Bertz CT molecular complexity index is 865. The zero-order chi connectivity index (χ0) is 22.8. The van der Waals surface area contributed by atoms with Gasteiger partial charge in [-0.15, -0.1) is 0 Å². The topological polar surface area (TPSA) is 82.2 Å². The van der Waals surface area contributed by atoms with Crippen molar-refractivity contribution in [2.24, 2.45) is 5.92 Å². The Balaban J connectivity index is 0.00000204. The van der Waals surface area contributed by atoms with Crippen molar-refractivity contribution >= 4 is 63.8 Å². The smallest absolute Gasteiger partial charge is 0.251 e. The molecule has 0 radical (unpaired) electrons. The first-order valence-corrected chi connectivity index (χ1v) is 11.7. The van der Waals surface area contributed by atoms with Crippen LogP contribution in [-0.4, -0.2) is 92.0 Å². The lowest BCUT2D eigenvalue weighted by Gasteiger charge is -2.34. The third-order valence-corrected chi connectivity index (χ3v) is 7.16. The summed E-state index contributed by atoms with van der Waals surface area (Å²) >= 11 is 0. The molecule has 3 aliphatic heterocycles. The third-order valence-electron chi connectivity index (χ3n) is 7.16. The Morgan fingerprint density at radius 3 is 2.29 bits per heavy atom. The standard InChI is InChI=1S/C24H34N4O4.3H2S/c1-4-16(2)21(24(31)28-10-9-20-22(28)19(29)15-32-20)25-23(30)17-5-7-18(8-6-17)27-13-11-26(3)12-14-27;;;/h5-8,16,20-22H,4,9-15H2,1-3H3,(H,25,30);3*1H2/t16-,20-,21+,22-;;;/m1.../s1. The van der Waals surface area contributed by atoms with Crippen LogP contribution in [0.1, 0.15) is 37.0 Å². The van der Waals surface area contributed by atoms with E-state index in [1.807, 2.05) is 38.1 Å². The lowest BCUT2D eigenvalue weighted by Crippen LogP contribution is -2.54. The van der Waals surface area contributed by atoms with Crippen LogP contribution >= 0.6 is 40.5 Å². The van der Waals surface area contributed by atoms with Gasteiger partial charge >= 0.3 is 0 Å². The minimum atomic E-state index is -0.669. The molecule has 0 aromatic heterocycles. The molecule has 4 atom stereocenters. The van der Waals surface area contributed by atoms with Crippen molar-refractivity contribution in [3.63, 3.8) is 0 Å². The Morgan fingerprint density at radius 1 is 1.06 bits per heavy atom. The van der Waals surface area contributed by atoms with Gasteiger partial charge in [-0.05, 0) is 43.7 Å². The van der Waals surface area contributed by atoms with E-state index in [2.05, 4.69) is 22.2 Å². The Labute approximate surface area is 229 Å². The average molecular weight is 545 g/mol. The second-order valence-electron chi connectivity index (χ2n) is 9.25. The number of ketones is 1. The summed E-state index contributed by atoms with van der Waals surface area (Å²) in [5.41, 5.74) is 1.63. The number of nitrogens with one attached hydrogen (secondary N) is 1. The Hall–Kier alpha value is -1.40. The number of carbonyl (C=O) groups is 3. The van der Waals surface area contributed by atoms with Crippen LogP contribution in [0.25, 0.3) is 0 Å². The van der Waals surface area contributed by atoms with Crippen molar-refractivity contribution in [2.45, 2.75) is 44.9 Å². The van der Waals surface area contributed by atoms with Crippen LogP contribution in [0.5, 0.6) is 0 Å². The van der Waals surface area contributed by atoms with Gasteiger partial charge < -0.3 is 24.8 Å². The third kappa shape index (κ3) is 6.88. The highest BCUT2D eigenvalue weighted by atomic mass is 32.1. The van der Waals surface area contributed by atoms with E-state index in [1.54, 1.807) is 4.90 Å². The number of Topliss-reactive ketones (excluding diaryl/α,β-unsaturated/α-hetero) is 1. The van der Waals surface area contributed by atoms with Crippen LogP contribution < -0.4 is 10.2 Å². The minimum Gasteiger partial charge on any atom is -0.369 e. The molecule has 0 saturated carbocycles. The summed E-state index contributed by atoms with van der Waals surface area (Å²) in [6.07, 6.45) is 1.20. The van der Waals surface area contributed by atoms with Crippen LogP contribution in [0.2, 0.25) is 0 Å². The zero-order valence-corrected chi connectivity index (χ0v) is 23.8. The molecule has 4 rings (SSSR count). The zero-order valence-electron chi connectivity index (χ0n) is 20.8. The quantitative estimate of drug-likeness (QED) is 0.585. The van der Waals surface area contributed by atoms with E-state index >= 15 is 0 Å². The van der Waals surface area contributed by atoms with Crippen LogP contribution in [0.3, 0.4) is 0 Å². The van der Waals surface area contributed by atoms with Gasteiger partial charge in [0.05, 0.1) is 6.10 Å². The highest BCUT2D eigenvalue weighted by Crippen LogP contribution is 2.28. The molecule has 3 saturated heterocycles. The summed E-state index contributed by atoms with van der Waals surface area (Å²) in [4.78, 5) is 44.9. The van der Waals surface area contributed by atoms with Crippen LogP contribution in [0, 0.1) is 5.92 Å². The number of likely N-dealkylation sites (tertiary alicyclic amines) is 1. The van der Waals surface area contributed by atoms with Crippen molar-refractivity contribution in [1.82, 2.24) is 15.1 Å². The van der Waals surface area contributed by atoms with Gasteiger partial charge in [-0.25, -0.2) is 0 Å². The lowest BCUT2D eigenvalue weighted by molar-refractivity contribution is -0.139. The molecule has 0 bridgehead atoms. The fourth-order valence-corrected chi connectivity index (χ4v) is 4.82. The normalized spacial score (nSPS) is 23.3. The van der Waals surface area contributed by atoms with E-state index in [0.29, 0.717) is 18.5 Å². The maximum absolute atomic E-state index is 13.4. The number of likely N-dealkylation sites (N-methyl/N-ethyl adjacent to an activating group) is 1. The summed E-state index contributed by atoms with van der Waals surface area (Å²) in [7, 11) is 2.12. The van der Waals surface area contributed by atoms with Gasteiger partial charge in [0.2, 0.25) is 5.91 Å². The first kappa shape index (κ1) is 31.6. The maximum atomic E-state index is 13.4. The number of amides is 2. The van der Waals surface area contributed by atoms with E-state index < -0.39 is 12.1 Å². The van der Waals surface area contributed by atoms with Gasteiger partial charge in [0, 0.05) is 44.0 Å². The fourth-order valence-electron chi connectivity index (χ4n) is 4.82. The van der Waals surface area contributed by atoms with Crippen molar-refractivity contribution < 1.29 is 19.1 Å². The van der Waals surface area contributed by atoms with E-state index in [4.69, 9.17) is 4.74 Å². The van der Waals surface area contributed by atoms with Crippen molar-refractivity contribution in [1.29, 1.82) is 0 Å². The first-order chi connectivity index (χ1) is 15.4. The monoisotopic (exact) mass is 544 g/mol. The molecule has 35 heavy (non-hydrogen) atoms. The second kappa shape index (κ2) is 13.8.